The average molecular weight is 503 g/mol. The first-order valence-electron chi connectivity index (χ1n) is 9.72. The summed E-state index contributed by atoms with van der Waals surface area (Å²) in [5, 5.41) is 12.5. The quantitative estimate of drug-likeness (QED) is 0.158. The molecule has 3 rings (SSSR count). The van der Waals surface area contributed by atoms with E-state index in [9.17, 15) is 24.5 Å². The second kappa shape index (κ2) is 9.31. The van der Waals surface area contributed by atoms with Crippen molar-refractivity contribution in [1.29, 1.82) is 0 Å². The van der Waals surface area contributed by atoms with Crippen LogP contribution in [0.1, 0.15) is 48.3 Å². The molecule has 0 saturated heterocycles. The number of rotatable bonds is 7. The summed E-state index contributed by atoms with van der Waals surface area (Å²) >= 11 is 3.39. The standard InChI is InChI=1S/C22H19BrN2O7/c1-4-18(26)31-17-9-12(8-16(25(29)30)22(17)32-19(27)5-2)21(28)20-11(3)14-10-13(23)6-7-15(14)24-20/h6-10,24H,4-5H2,1-3H3. The SMILES string of the molecule is CCC(=O)Oc1cc(C(=O)c2[nH]c3ccc(Br)cc3c2C)cc([N+](=O)[O-])c1OC(=O)CC. The van der Waals surface area contributed by atoms with Crippen LogP contribution in [0.2, 0.25) is 0 Å². The summed E-state index contributed by atoms with van der Waals surface area (Å²) in [7, 11) is 0. The largest absolute Gasteiger partial charge is 0.422 e. The summed E-state index contributed by atoms with van der Waals surface area (Å²) in [4.78, 5) is 50.9. The number of aryl methyl sites for hydroxylation is 1. The molecule has 1 aromatic heterocycles. The number of hydrogen-bond acceptors (Lipinski definition) is 7. The molecular formula is C22H19BrN2O7. The average Bonchev–Trinajstić information content (AvgIpc) is 3.09. The summed E-state index contributed by atoms with van der Waals surface area (Å²) < 4.78 is 11.1. The number of halogens is 1. The van der Waals surface area contributed by atoms with Crippen LogP contribution in [0.4, 0.5) is 5.69 Å². The van der Waals surface area contributed by atoms with Crippen LogP contribution in [0.3, 0.4) is 0 Å². The van der Waals surface area contributed by atoms with Crippen molar-refractivity contribution in [2.45, 2.75) is 33.6 Å². The summed E-state index contributed by atoms with van der Waals surface area (Å²) in [5.74, 6) is -2.88. The van der Waals surface area contributed by atoms with Gasteiger partial charge in [0.2, 0.25) is 5.78 Å². The molecule has 0 bridgehead atoms. The van der Waals surface area contributed by atoms with E-state index in [1.807, 2.05) is 12.1 Å². The molecule has 0 spiro atoms. The van der Waals surface area contributed by atoms with Crippen LogP contribution in [0.15, 0.2) is 34.8 Å². The Balaban J connectivity index is 2.18. The second-order valence-electron chi connectivity index (χ2n) is 6.88. The number of nitro benzene ring substituents is 1. The molecule has 1 N–H and O–H groups in total. The monoisotopic (exact) mass is 502 g/mol. The maximum atomic E-state index is 13.3. The summed E-state index contributed by atoms with van der Waals surface area (Å²) in [6.07, 6.45) is -0.0774. The van der Waals surface area contributed by atoms with Crippen molar-refractivity contribution in [3.63, 3.8) is 0 Å². The lowest BCUT2D eigenvalue weighted by Crippen LogP contribution is -2.13. The maximum absolute atomic E-state index is 13.3. The van der Waals surface area contributed by atoms with Gasteiger partial charge in [-0.25, -0.2) is 0 Å². The second-order valence-corrected chi connectivity index (χ2v) is 7.79. The van der Waals surface area contributed by atoms with Gasteiger partial charge in [-0.1, -0.05) is 29.8 Å². The number of aromatic amines is 1. The fourth-order valence-corrected chi connectivity index (χ4v) is 3.44. The van der Waals surface area contributed by atoms with Crippen LogP contribution in [0.25, 0.3) is 10.9 Å². The minimum Gasteiger partial charge on any atom is -0.422 e. The van der Waals surface area contributed by atoms with Crippen LogP contribution >= 0.6 is 15.9 Å². The van der Waals surface area contributed by atoms with E-state index in [4.69, 9.17) is 9.47 Å². The smallest absolute Gasteiger partial charge is 0.316 e. The number of fused-ring (bicyclic) bond motifs is 1. The molecular weight excluding hydrogens is 484 g/mol. The van der Waals surface area contributed by atoms with E-state index in [0.29, 0.717) is 5.56 Å². The summed E-state index contributed by atoms with van der Waals surface area (Å²) in [5.41, 5.74) is 0.851. The molecule has 10 heteroatoms. The van der Waals surface area contributed by atoms with Crippen LogP contribution in [-0.4, -0.2) is 27.6 Å². The third-order valence-electron chi connectivity index (χ3n) is 4.76. The molecule has 0 aliphatic rings. The molecule has 0 aliphatic heterocycles. The Morgan fingerprint density at radius 1 is 1.06 bits per heavy atom. The van der Waals surface area contributed by atoms with Gasteiger partial charge in [-0.05, 0) is 36.8 Å². The molecule has 166 valence electrons. The zero-order valence-corrected chi connectivity index (χ0v) is 19.1. The van der Waals surface area contributed by atoms with Crippen molar-refractivity contribution >= 4 is 50.2 Å². The van der Waals surface area contributed by atoms with E-state index in [-0.39, 0.29) is 29.8 Å². The molecule has 2 aromatic carbocycles. The number of H-pyrrole nitrogens is 1. The van der Waals surface area contributed by atoms with Crippen LogP contribution < -0.4 is 9.47 Å². The number of carbonyl (C=O) groups excluding carboxylic acids is 3. The van der Waals surface area contributed by atoms with Gasteiger partial charge in [0.1, 0.15) is 0 Å². The van der Waals surface area contributed by atoms with Crippen molar-refractivity contribution in [3.05, 3.63) is 61.7 Å². The van der Waals surface area contributed by atoms with Gasteiger partial charge in [0.05, 0.1) is 10.6 Å². The Morgan fingerprint density at radius 2 is 1.72 bits per heavy atom. The molecule has 0 radical (unpaired) electrons. The topological polar surface area (TPSA) is 129 Å². The third kappa shape index (κ3) is 4.54. The Kier molecular flexibility index (Phi) is 6.73. The zero-order valence-electron chi connectivity index (χ0n) is 17.5. The molecule has 0 amide bonds. The van der Waals surface area contributed by atoms with Crippen molar-refractivity contribution in [1.82, 2.24) is 4.98 Å². The molecule has 3 aromatic rings. The molecule has 0 unspecified atom stereocenters. The first kappa shape index (κ1) is 23.1. The van der Waals surface area contributed by atoms with Crippen molar-refractivity contribution in [2.24, 2.45) is 0 Å². The van der Waals surface area contributed by atoms with E-state index >= 15 is 0 Å². The lowest BCUT2D eigenvalue weighted by atomic mass is 10.0. The number of benzene rings is 2. The number of ketones is 1. The number of nitrogens with zero attached hydrogens (tertiary/aromatic N) is 1. The van der Waals surface area contributed by atoms with Gasteiger partial charge >= 0.3 is 17.6 Å². The Morgan fingerprint density at radius 3 is 2.34 bits per heavy atom. The lowest BCUT2D eigenvalue weighted by molar-refractivity contribution is -0.385. The Labute approximate surface area is 191 Å². The fourth-order valence-electron chi connectivity index (χ4n) is 3.08. The van der Waals surface area contributed by atoms with Crippen LogP contribution in [0, 0.1) is 17.0 Å². The number of nitrogens with one attached hydrogen (secondary N) is 1. The minimum absolute atomic E-state index is 0.0247. The molecule has 0 fully saturated rings. The highest BCUT2D eigenvalue weighted by atomic mass is 79.9. The minimum atomic E-state index is -0.798. The number of esters is 2. The molecule has 0 aliphatic carbocycles. The van der Waals surface area contributed by atoms with Crippen molar-refractivity contribution in [3.8, 4) is 11.5 Å². The molecule has 0 atom stereocenters. The number of carbonyl (C=O) groups is 3. The predicted octanol–water partition coefficient (Wildman–Crippen LogP) is 5.01. The molecule has 9 nitrogen and oxygen atoms in total. The van der Waals surface area contributed by atoms with E-state index in [1.165, 1.54) is 19.9 Å². The highest BCUT2D eigenvalue weighted by Gasteiger charge is 2.29. The van der Waals surface area contributed by atoms with Gasteiger partial charge < -0.3 is 14.5 Å². The Bertz CT molecular complexity index is 1260. The van der Waals surface area contributed by atoms with Gasteiger partial charge in [0, 0.05) is 39.8 Å². The van der Waals surface area contributed by atoms with Crippen molar-refractivity contribution in [2.75, 3.05) is 0 Å². The number of ether oxygens (including phenoxy) is 2. The first-order chi connectivity index (χ1) is 15.2. The fraction of sp³-hybridized carbons (Fsp3) is 0.227. The predicted molar refractivity (Wildman–Crippen MR) is 119 cm³/mol. The normalized spacial score (nSPS) is 10.8. The Hall–Kier alpha value is -3.53. The maximum Gasteiger partial charge on any atom is 0.316 e. The van der Waals surface area contributed by atoms with Gasteiger partial charge in [0.25, 0.3) is 5.75 Å². The lowest BCUT2D eigenvalue weighted by Gasteiger charge is -2.12. The zero-order chi connectivity index (χ0) is 23.6. The van der Waals surface area contributed by atoms with Crippen LogP contribution in [-0.2, 0) is 9.59 Å². The van der Waals surface area contributed by atoms with E-state index in [2.05, 4.69) is 20.9 Å². The highest BCUT2D eigenvalue weighted by Crippen LogP contribution is 2.40. The van der Waals surface area contributed by atoms with E-state index in [1.54, 1.807) is 13.0 Å². The molecule has 32 heavy (non-hydrogen) atoms. The van der Waals surface area contributed by atoms with E-state index < -0.39 is 34.1 Å². The molecule has 0 saturated carbocycles. The third-order valence-corrected chi connectivity index (χ3v) is 5.25. The number of hydrogen-bond donors (Lipinski definition) is 1. The summed E-state index contributed by atoms with van der Waals surface area (Å²) in [6, 6.07) is 7.64. The van der Waals surface area contributed by atoms with Gasteiger partial charge in [-0.2, -0.15) is 0 Å². The van der Waals surface area contributed by atoms with Gasteiger partial charge in [-0.15, -0.1) is 0 Å². The molecule has 1 heterocycles. The number of aromatic nitrogens is 1. The van der Waals surface area contributed by atoms with Gasteiger partial charge in [0.15, 0.2) is 5.75 Å². The first-order valence-corrected chi connectivity index (χ1v) is 10.5. The van der Waals surface area contributed by atoms with Crippen LogP contribution in [0.5, 0.6) is 11.5 Å². The van der Waals surface area contributed by atoms with E-state index in [0.717, 1.165) is 21.4 Å². The summed E-state index contributed by atoms with van der Waals surface area (Å²) in [6.45, 7) is 4.80. The van der Waals surface area contributed by atoms with Gasteiger partial charge in [-0.3, -0.25) is 24.5 Å². The number of nitro groups is 1. The highest BCUT2D eigenvalue weighted by molar-refractivity contribution is 9.10. The van der Waals surface area contributed by atoms with Crippen molar-refractivity contribution < 1.29 is 28.8 Å².